The van der Waals surface area contributed by atoms with E-state index < -0.39 is 0 Å². The average molecular weight is 223 g/mol. The number of alkyl halides is 1. The summed E-state index contributed by atoms with van der Waals surface area (Å²) in [6.07, 6.45) is 0.977. The quantitative estimate of drug-likeness (QED) is 0.733. The fourth-order valence-electron chi connectivity index (χ4n) is 1.88. The van der Waals surface area contributed by atoms with Crippen LogP contribution in [-0.2, 0) is 11.3 Å². The Hall–Kier alpha value is -0.930. The van der Waals surface area contributed by atoms with Gasteiger partial charge in [0.25, 0.3) is 0 Å². The smallest absolute Gasteiger partial charge is 0.0906 e. The maximum absolute atomic E-state index is 11.9. The van der Waals surface area contributed by atoms with E-state index in [0.29, 0.717) is 19.1 Å². The molecule has 1 heterocycles. The highest BCUT2D eigenvalue weighted by Crippen LogP contribution is 2.14. The molecule has 16 heavy (non-hydrogen) atoms. The molecule has 0 aliphatic carbocycles. The van der Waals surface area contributed by atoms with Crippen molar-refractivity contribution in [3.8, 4) is 0 Å². The monoisotopic (exact) mass is 223 g/mol. The predicted molar refractivity (Wildman–Crippen MR) is 62.1 cm³/mol. The first-order valence-electron chi connectivity index (χ1n) is 5.82. The highest BCUT2D eigenvalue weighted by atomic mass is 19.1. The molecule has 0 N–H and O–H groups in total. The van der Waals surface area contributed by atoms with E-state index in [-0.39, 0.29) is 6.67 Å². The van der Waals surface area contributed by atoms with Gasteiger partial charge in [0, 0.05) is 19.6 Å². The van der Waals surface area contributed by atoms with Gasteiger partial charge in [0.2, 0.25) is 0 Å². The molecule has 2 rings (SSSR count). The van der Waals surface area contributed by atoms with Gasteiger partial charge in [0.05, 0.1) is 19.4 Å². The number of nitrogens with zero attached hydrogens (tertiary/aromatic N) is 1. The number of benzene rings is 1. The molecule has 1 aromatic carbocycles. The van der Waals surface area contributed by atoms with E-state index in [9.17, 15) is 4.39 Å². The van der Waals surface area contributed by atoms with E-state index in [4.69, 9.17) is 4.74 Å². The molecule has 2 nitrogen and oxygen atoms in total. The summed E-state index contributed by atoms with van der Waals surface area (Å²) in [6.45, 7) is 3.23. The molecule has 1 saturated heterocycles. The standard InChI is InChI=1S/C13H18FNO/c14-7-4-8-15-9-13(10-15)16-11-12-5-2-1-3-6-12/h1-3,5-6,13H,4,7-11H2. The van der Waals surface area contributed by atoms with Crippen LogP contribution in [0.3, 0.4) is 0 Å². The van der Waals surface area contributed by atoms with Crippen LogP contribution in [0.2, 0.25) is 0 Å². The molecule has 1 fully saturated rings. The molecule has 1 aliphatic heterocycles. The number of ether oxygens (including phenoxy) is 1. The Bertz CT molecular complexity index is 298. The van der Waals surface area contributed by atoms with Gasteiger partial charge in [-0.1, -0.05) is 30.3 Å². The molecule has 88 valence electrons. The van der Waals surface area contributed by atoms with Crippen LogP contribution >= 0.6 is 0 Å². The molecule has 0 atom stereocenters. The Kier molecular flexibility index (Phi) is 4.31. The van der Waals surface area contributed by atoms with E-state index in [2.05, 4.69) is 17.0 Å². The summed E-state index contributed by atoms with van der Waals surface area (Å²) < 4.78 is 17.7. The zero-order valence-corrected chi connectivity index (χ0v) is 9.44. The Labute approximate surface area is 96.0 Å². The molecule has 0 saturated carbocycles. The third kappa shape index (κ3) is 3.29. The minimum atomic E-state index is -0.216. The number of rotatable bonds is 6. The van der Waals surface area contributed by atoms with Crippen LogP contribution in [0.5, 0.6) is 0 Å². The number of likely N-dealkylation sites (tertiary alicyclic amines) is 1. The van der Waals surface area contributed by atoms with Crippen LogP contribution in [-0.4, -0.2) is 37.3 Å². The normalized spacial score (nSPS) is 17.3. The molecule has 3 heteroatoms. The Morgan fingerprint density at radius 3 is 2.69 bits per heavy atom. The number of hydrogen-bond donors (Lipinski definition) is 0. The van der Waals surface area contributed by atoms with Gasteiger partial charge >= 0.3 is 0 Å². The van der Waals surface area contributed by atoms with Crippen LogP contribution in [0.15, 0.2) is 30.3 Å². The predicted octanol–water partition coefficient (Wildman–Crippen LogP) is 2.25. The van der Waals surface area contributed by atoms with Gasteiger partial charge in [-0.3, -0.25) is 9.29 Å². The fraction of sp³-hybridized carbons (Fsp3) is 0.538. The second-order valence-corrected chi connectivity index (χ2v) is 4.22. The van der Waals surface area contributed by atoms with Gasteiger partial charge < -0.3 is 4.74 Å². The molecule has 1 aliphatic rings. The van der Waals surface area contributed by atoms with Crippen molar-refractivity contribution in [2.45, 2.75) is 19.1 Å². The maximum Gasteiger partial charge on any atom is 0.0906 e. The lowest BCUT2D eigenvalue weighted by Crippen LogP contribution is -2.52. The van der Waals surface area contributed by atoms with E-state index in [0.717, 1.165) is 19.6 Å². The minimum Gasteiger partial charge on any atom is -0.371 e. The number of hydrogen-bond acceptors (Lipinski definition) is 2. The van der Waals surface area contributed by atoms with Crippen molar-refractivity contribution in [3.05, 3.63) is 35.9 Å². The third-order valence-electron chi connectivity index (χ3n) is 2.86. The summed E-state index contributed by atoms with van der Waals surface area (Å²) in [7, 11) is 0. The SMILES string of the molecule is FCCCN1CC(OCc2ccccc2)C1. The average Bonchev–Trinajstić information content (AvgIpc) is 2.28. The van der Waals surface area contributed by atoms with Crippen molar-refractivity contribution in [3.63, 3.8) is 0 Å². The fourth-order valence-corrected chi connectivity index (χ4v) is 1.88. The van der Waals surface area contributed by atoms with Crippen molar-refractivity contribution in [2.75, 3.05) is 26.3 Å². The molecule has 1 aromatic rings. The van der Waals surface area contributed by atoms with E-state index >= 15 is 0 Å². The molecule has 0 radical (unpaired) electrons. The summed E-state index contributed by atoms with van der Waals surface area (Å²) in [4.78, 5) is 2.23. The zero-order valence-electron chi connectivity index (χ0n) is 9.44. The Morgan fingerprint density at radius 2 is 2.00 bits per heavy atom. The first-order chi connectivity index (χ1) is 7.88. The lowest BCUT2D eigenvalue weighted by molar-refractivity contribution is -0.0629. The molecule has 0 amide bonds. The van der Waals surface area contributed by atoms with Crippen molar-refractivity contribution >= 4 is 0 Å². The topological polar surface area (TPSA) is 12.5 Å². The van der Waals surface area contributed by atoms with Crippen molar-refractivity contribution < 1.29 is 9.13 Å². The summed E-state index contributed by atoms with van der Waals surface area (Å²) >= 11 is 0. The maximum atomic E-state index is 11.9. The first kappa shape index (κ1) is 11.6. The van der Waals surface area contributed by atoms with Crippen molar-refractivity contribution in [1.82, 2.24) is 4.90 Å². The van der Waals surface area contributed by atoms with Gasteiger partial charge in [0.15, 0.2) is 0 Å². The van der Waals surface area contributed by atoms with Gasteiger partial charge in [-0.05, 0) is 12.0 Å². The number of halogens is 1. The highest BCUT2D eigenvalue weighted by Gasteiger charge is 2.26. The molecule has 0 spiro atoms. The summed E-state index contributed by atoms with van der Waals surface area (Å²) in [6, 6.07) is 10.2. The van der Waals surface area contributed by atoms with Crippen LogP contribution in [0.25, 0.3) is 0 Å². The van der Waals surface area contributed by atoms with Crippen molar-refractivity contribution in [1.29, 1.82) is 0 Å². The minimum absolute atomic E-state index is 0.216. The van der Waals surface area contributed by atoms with E-state index in [1.54, 1.807) is 0 Å². The van der Waals surface area contributed by atoms with Crippen LogP contribution in [0.1, 0.15) is 12.0 Å². The second-order valence-electron chi connectivity index (χ2n) is 4.22. The van der Waals surface area contributed by atoms with Crippen LogP contribution in [0.4, 0.5) is 4.39 Å². The molecular formula is C13H18FNO. The second kappa shape index (κ2) is 5.97. The van der Waals surface area contributed by atoms with Crippen LogP contribution < -0.4 is 0 Å². The summed E-state index contributed by atoms with van der Waals surface area (Å²) in [5.41, 5.74) is 1.21. The molecule has 0 unspecified atom stereocenters. The summed E-state index contributed by atoms with van der Waals surface area (Å²) in [5.74, 6) is 0. The summed E-state index contributed by atoms with van der Waals surface area (Å²) in [5, 5.41) is 0. The molecule has 0 aromatic heterocycles. The zero-order chi connectivity index (χ0) is 11.2. The van der Waals surface area contributed by atoms with Gasteiger partial charge in [-0.25, -0.2) is 0 Å². The van der Waals surface area contributed by atoms with Gasteiger partial charge in [0.1, 0.15) is 0 Å². The highest BCUT2D eigenvalue weighted by molar-refractivity contribution is 5.13. The van der Waals surface area contributed by atoms with Crippen LogP contribution in [0, 0.1) is 0 Å². The van der Waals surface area contributed by atoms with E-state index in [1.807, 2.05) is 18.2 Å². The first-order valence-corrected chi connectivity index (χ1v) is 5.82. The van der Waals surface area contributed by atoms with Gasteiger partial charge in [-0.2, -0.15) is 0 Å². The van der Waals surface area contributed by atoms with E-state index in [1.165, 1.54) is 5.56 Å². The molecule has 0 bridgehead atoms. The lowest BCUT2D eigenvalue weighted by Gasteiger charge is -2.38. The largest absolute Gasteiger partial charge is 0.371 e. The Balaban J connectivity index is 1.60. The lowest BCUT2D eigenvalue weighted by atomic mass is 10.1. The van der Waals surface area contributed by atoms with Gasteiger partial charge in [-0.15, -0.1) is 0 Å². The van der Waals surface area contributed by atoms with Crippen molar-refractivity contribution in [2.24, 2.45) is 0 Å². The third-order valence-corrected chi connectivity index (χ3v) is 2.86. The Morgan fingerprint density at radius 1 is 1.25 bits per heavy atom. The molecular weight excluding hydrogens is 205 g/mol.